The first-order chi connectivity index (χ1) is 12.5. The second-order valence-electron chi connectivity index (χ2n) is 5.79. The Morgan fingerprint density at radius 2 is 1.65 bits per heavy atom. The Morgan fingerprint density at radius 3 is 2.27 bits per heavy atom. The van der Waals surface area contributed by atoms with E-state index in [0.29, 0.717) is 32.0 Å². The van der Waals surface area contributed by atoms with Crippen LogP contribution in [0.4, 0.5) is 5.69 Å². The van der Waals surface area contributed by atoms with Gasteiger partial charge in [0.05, 0.1) is 19.6 Å². The van der Waals surface area contributed by atoms with Crippen LogP contribution in [0.3, 0.4) is 0 Å². The maximum Gasteiger partial charge on any atom is 0.371 e. The van der Waals surface area contributed by atoms with Crippen LogP contribution in [0.2, 0.25) is 0 Å². The van der Waals surface area contributed by atoms with Crippen LogP contribution in [-0.4, -0.2) is 54.1 Å². The molecule has 8 heteroatoms. The molecule has 0 radical (unpaired) electrons. The van der Waals surface area contributed by atoms with Crippen molar-refractivity contribution in [3.63, 3.8) is 0 Å². The Bertz CT molecular complexity index is 805. The molecule has 26 heavy (non-hydrogen) atoms. The van der Waals surface area contributed by atoms with Crippen molar-refractivity contribution in [2.75, 3.05) is 31.6 Å². The van der Waals surface area contributed by atoms with Gasteiger partial charge < -0.3 is 24.5 Å². The molecule has 0 atom stereocenters. The highest BCUT2D eigenvalue weighted by molar-refractivity contribution is 6.02. The lowest BCUT2D eigenvalue weighted by atomic mass is 10.1. The number of ether oxygens (including phenoxy) is 1. The first-order valence-corrected chi connectivity index (χ1v) is 8.12. The van der Waals surface area contributed by atoms with Crippen LogP contribution in [0.25, 0.3) is 0 Å². The average molecular weight is 358 g/mol. The van der Waals surface area contributed by atoms with Crippen molar-refractivity contribution in [2.24, 2.45) is 0 Å². The van der Waals surface area contributed by atoms with E-state index in [1.54, 1.807) is 29.2 Å². The average Bonchev–Trinajstić information content (AvgIpc) is 3.15. The van der Waals surface area contributed by atoms with Crippen LogP contribution in [0.15, 0.2) is 40.8 Å². The normalized spacial score (nSPS) is 14.1. The number of hydrogen-bond acceptors (Lipinski definition) is 5. The van der Waals surface area contributed by atoms with E-state index >= 15 is 0 Å². The summed E-state index contributed by atoms with van der Waals surface area (Å²) in [6.07, 6.45) is 0.286. The van der Waals surface area contributed by atoms with Gasteiger partial charge in [0, 0.05) is 18.8 Å². The number of anilines is 1. The largest absolute Gasteiger partial charge is 0.475 e. The number of amides is 2. The summed E-state index contributed by atoms with van der Waals surface area (Å²) in [6.45, 7) is 2.34. The molecule has 1 aromatic heterocycles. The molecule has 136 valence electrons. The predicted octanol–water partition coefficient (Wildman–Crippen LogP) is 1.63. The fourth-order valence-corrected chi connectivity index (χ4v) is 2.57. The van der Waals surface area contributed by atoms with E-state index in [9.17, 15) is 14.4 Å². The Balaban J connectivity index is 1.57. The first-order valence-electron chi connectivity index (χ1n) is 8.12. The lowest BCUT2D eigenvalue weighted by Crippen LogP contribution is -2.41. The van der Waals surface area contributed by atoms with E-state index in [2.05, 4.69) is 5.32 Å². The third-order valence-corrected chi connectivity index (χ3v) is 3.97. The maximum atomic E-state index is 12.2. The molecule has 1 fully saturated rings. The molecule has 1 aliphatic rings. The monoisotopic (exact) mass is 358 g/mol. The first kappa shape index (κ1) is 17.7. The molecule has 2 heterocycles. The van der Waals surface area contributed by atoms with Gasteiger partial charge in [0.2, 0.25) is 11.7 Å². The number of nitrogens with zero attached hydrogens (tertiary/aromatic N) is 1. The summed E-state index contributed by atoms with van der Waals surface area (Å²) in [5.74, 6) is -2.13. The summed E-state index contributed by atoms with van der Waals surface area (Å²) in [7, 11) is 0. The maximum absolute atomic E-state index is 12.2. The molecule has 0 aliphatic carbocycles. The second kappa shape index (κ2) is 7.83. The Labute approximate surface area is 149 Å². The Hall–Kier alpha value is -3.13. The highest BCUT2D eigenvalue weighted by Crippen LogP contribution is 2.14. The Kier molecular flexibility index (Phi) is 5.33. The number of hydrogen-bond donors (Lipinski definition) is 2. The molecule has 8 nitrogen and oxygen atoms in total. The number of carboxylic acid groups (broad SMARTS) is 1. The number of furan rings is 1. The van der Waals surface area contributed by atoms with Crippen molar-refractivity contribution in [1.29, 1.82) is 0 Å². The van der Waals surface area contributed by atoms with Crippen molar-refractivity contribution >= 4 is 23.5 Å². The smallest absolute Gasteiger partial charge is 0.371 e. The molecule has 0 unspecified atom stereocenters. The lowest BCUT2D eigenvalue weighted by Gasteiger charge is -2.26. The number of nitrogens with one attached hydrogen (secondary N) is 1. The number of morpholine rings is 1. The van der Waals surface area contributed by atoms with E-state index in [0.717, 1.165) is 5.56 Å². The van der Waals surface area contributed by atoms with Crippen LogP contribution in [-0.2, 0) is 16.0 Å². The topological polar surface area (TPSA) is 109 Å². The van der Waals surface area contributed by atoms with Crippen LogP contribution >= 0.6 is 0 Å². The molecule has 2 amide bonds. The van der Waals surface area contributed by atoms with Gasteiger partial charge >= 0.3 is 5.97 Å². The molecular formula is C18H18N2O6. The van der Waals surface area contributed by atoms with Gasteiger partial charge in [0.1, 0.15) is 0 Å². The molecule has 2 aromatic rings. The summed E-state index contributed by atoms with van der Waals surface area (Å²) >= 11 is 0. The van der Waals surface area contributed by atoms with Gasteiger partial charge in [0.15, 0.2) is 5.76 Å². The van der Waals surface area contributed by atoms with Gasteiger partial charge in [-0.1, -0.05) is 12.1 Å². The summed E-state index contributed by atoms with van der Waals surface area (Å²) in [5, 5.41) is 11.4. The van der Waals surface area contributed by atoms with Crippen molar-refractivity contribution in [3.8, 4) is 0 Å². The van der Waals surface area contributed by atoms with Crippen LogP contribution in [0, 0.1) is 0 Å². The van der Waals surface area contributed by atoms with Crippen molar-refractivity contribution < 1.29 is 28.6 Å². The minimum Gasteiger partial charge on any atom is -0.475 e. The fourth-order valence-electron chi connectivity index (χ4n) is 2.57. The zero-order chi connectivity index (χ0) is 18.5. The van der Waals surface area contributed by atoms with E-state index in [1.165, 1.54) is 12.1 Å². The number of benzene rings is 1. The SMILES string of the molecule is O=C(O)c1ccc(C(=O)Nc2ccc(CC(=O)N3CCOCC3)cc2)o1. The van der Waals surface area contributed by atoms with Crippen LogP contribution in [0.1, 0.15) is 26.7 Å². The second-order valence-corrected chi connectivity index (χ2v) is 5.79. The molecule has 0 spiro atoms. The summed E-state index contributed by atoms with van der Waals surface area (Å²) in [6, 6.07) is 9.41. The zero-order valence-corrected chi connectivity index (χ0v) is 13.9. The number of carbonyl (C=O) groups excluding carboxylic acids is 2. The highest BCUT2D eigenvalue weighted by atomic mass is 16.5. The fraction of sp³-hybridized carbons (Fsp3) is 0.278. The summed E-state index contributed by atoms with van der Waals surface area (Å²) < 4.78 is 10.2. The van der Waals surface area contributed by atoms with Gasteiger partial charge in [-0.2, -0.15) is 0 Å². The number of rotatable bonds is 5. The number of carboxylic acids is 1. The molecule has 2 N–H and O–H groups in total. The standard InChI is InChI=1S/C18H18N2O6/c21-16(20-7-9-25-10-8-20)11-12-1-3-13(4-2-12)19-17(22)14-5-6-15(26-14)18(23)24/h1-6H,7-11H2,(H,19,22)(H,23,24). The van der Waals surface area contributed by atoms with Gasteiger partial charge in [-0.25, -0.2) is 4.79 Å². The minimum absolute atomic E-state index is 0.0434. The van der Waals surface area contributed by atoms with Crippen molar-refractivity contribution in [3.05, 3.63) is 53.5 Å². The molecule has 1 aliphatic heterocycles. The van der Waals surface area contributed by atoms with Crippen LogP contribution in [0.5, 0.6) is 0 Å². The predicted molar refractivity (Wildman–Crippen MR) is 91.2 cm³/mol. The van der Waals surface area contributed by atoms with E-state index in [4.69, 9.17) is 14.3 Å². The quantitative estimate of drug-likeness (QED) is 0.841. The lowest BCUT2D eigenvalue weighted by molar-refractivity contribution is -0.134. The van der Waals surface area contributed by atoms with Crippen molar-refractivity contribution in [2.45, 2.75) is 6.42 Å². The van der Waals surface area contributed by atoms with E-state index in [1.807, 2.05) is 0 Å². The molecule has 0 bridgehead atoms. The third kappa shape index (κ3) is 4.28. The molecule has 3 rings (SSSR count). The highest BCUT2D eigenvalue weighted by Gasteiger charge is 2.17. The molecule has 0 saturated carbocycles. The van der Waals surface area contributed by atoms with Gasteiger partial charge in [-0.15, -0.1) is 0 Å². The summed E-state index contributed by atoms with van der Waals surface area (Å²) in [5.41, 5.74) is 1.36. The number of aromatic carboxylic acids is 1. The van der Waals surface area contributed by atoms with Crippen molar-refractivity contribution in [1.82, 2.24) is 4.90 Å². The van der Waals surface area contributed by atoms with E-state index < -0.39 is 11.9 Å². The molecular weight excluding hydrogens is 340 g/mol. The number of carbonyl (C=O) groups is 3. The van der Waals surface area contributed by atoms with Gasteiger partial charge in [-0.05, 0) is 29.8 Å². The third-order valence-electron chi connectivity index (χ3n) is 3.97. The molecule has 1 saturated heterocycles. The summed E-state index contributed by atoms with van der Waals surface area (Å²) in [4.78, 5) is 36.8. The minimum atomic E-state index is -1.24. The van der Waals surface area contributed by atoms with Crippen LogP contribution < -0.4 is 5.32 Å². The molecule has 1 aromatic carbocycles. The zero-order valence-electron chi connectivity index (χ0n) is 13.9. The van der Waals surface area contributed by atoms with Gasteiger partial charge in [-0.3, -0.25) is 9.59 Å². The van der Waals surface area contributed by atoms with Gasteiger partial charge in [0.25, 0.3) is 5.91 Å². The Morgan fingerprint density at radius 1 is 1.00 bits per heavy atom. The van der Waals surface area contributed by atoms with E-state index in [-0.39, 0.29) is 23.8 Å².